The van der Waals surface area contributed by atoms with E-state index in [-0.39, 0.29) is 16.2 Å². The Kier molecular flexibility index (Phi) is 4.38. The molecule has 3 rings (SSSR count). The third-order valence-corrected chi connectivity index (χ3v) is 6.14. The molecular formula is C16H18F2O2S. The van der Waals surface area contributed by atoms with Crippen molar-refractivity contribution in [3.05, 3.63) is 41.5 Å². The Balaban J connectivity index is 1.73. The summed E-state index contributed by atoms with van der Waals surface area (Å²) >= 11 is 0. The molecule has 2 aliphatic rings. The van der Waals surface area contributed by atoms with Crippen molar-refractivity contribution in [3.63, 3.8) is 0 Å². The standard InChI is InChI=1S/C16H18F2O2S/c17-16(18)20-13-4-1-3-11(8-13)7-12-9-14-5-2-6-15(10-12)21(14)19/h1,3-4,8-9,14-16H,2,5-7,10H2. The number of fused-ring (bicyclic) bond motifs is 2. The van der Waals surface area contributed by atoms with Crippen molar-refractivity contribution in [1.82, 2.24) is 0 Å². The van der Waals surface area contributed by atoms with Crippen molar-refractivity contribution in [2.45, 2.75) is 49.2 Å². The Labute approximate surface area is 125 Å². The highest BCUT2D eigenvalue weighted by Gasteiger charge is 2.32. The van der Waals surface area contributed by atoms with Gasteiger partial charge in [-0.1, -0.05) is 30.2 Å². The van der Waals surface area contributed by atoms with E-state index < -0.39 is 17.4 Å². The van der Waals surface area contributed by atoms with Gasteiger partial charge in [0.05, 0.1) is 5.25 Å². The zero-order valence-electron chi connectivity index (χ0n) is 11.6. The predicted molar refractivity (Wildman–Crippen MR) is 79.0 cm³/mol. The molecule has 0 radical (unpaired) electrons. The van der Waals surface area contributed by atoms with Gasteiger partial charge in [0.25, 0.3) is 0 Å². The molecule has 1 fully saturated rings. The fourth-order valence-corrected chi connectivity index (χ4v) is 5.21. The van der Waals surface area contributed by atoms with Crippen molar-refractivity contribution in [1.29, 1.82) is 0 Å². The molecule has 1 aromatic rings. The quantitative estimate of drug-likeness (QED) is 0.790. The maximum atomic E-state index is 12.2. The normalized spacial score (nSPS) is 28.3. The lowest BCUT2D eigenvalue weighted by atomic mass is 9.94. The van der Waals surface area contributed by atoms with Gasteiger partial charge in [-0.2, -0.15) is 8.78 Å². The molecule has 0 spiro atoms. The van der Waals surface area contributed by atoms with Crippen LogP contribution in [0.5, 0.6) is 5.75 Å². The molecule has 0 aliphatic carbocycles. The predicted octanol–water partition coefficient (Wildman–Crippen LogP) is 3.83. The molecule has 3 unspecified atom stereocenters. The molecule has 1 aromatic carbocycles. The summed E-state index contributed by atoms with van der Waals surface area (Å²) in [5.41, 5.74) is 2.24. The van der Waals surface area contributed by atoms with Crippen molar-refractivity contribution in [3.8, 4) is 5.75 Å². The number of hydrogen-bond donors (Lipinski definition) is 0. The topological polar surface area (TPSA) is 26.3 Å². The highest BCUT2D eigenvalue weighted by Crippen LogP contribution is 2.34. The van der Waals surface area contributed by atoms with E-state index in [0.29, 0.717) is 0 Å². The number of hydrogen-bond acceptors (Lipinski definition) is 2. The van der Waals surface area contributed by atoms with Gasteiger partial charge in [0.15, 0.2) is 0 Å². The van der Waals surface area contributed by atoms with E-state index in [2.05, 4.69) is 10.8 Å². The van der Waals surface area contributed by atoms with E-state index >= 15 is 0 Å². The van der Waals surface area contributed by atoms with Crippen LogP contribution in [0.3, 0.4) is 0 Å². The minimum absolute atomic E-state index is 0.188. The van der Waals surface area contributed by atoms with E-state index in [9.17, 15) is 13.0 Å². The zero-order valence-corrected chi connectivity index (χ0v) is 12.5. The molecule has 0 aromatic heterocycles. The summed E-state index contributed by atoms with van der Waals surface area (Å²) in [4.78, 5) is 0. The molecular weight excluding hydrogens is 294 g/mol. The molecule has 0 N–H and O–H groups in total. The van der Waals surface area contributed by atoms with Crippen LogP contribution in [0.1, 0.15) is 31.2 Å². The summed E-state index contributed by atoms with van der Waals surface area (Å²) in [6.07, 6.45) is 6.93. The van der Waals surface area contributed by atoms with Crippen molar-refractivity contribution >= 4 is 10.8 Å². The SMILES string of the molecule is O=S1C2C=C(Cc3cccc(OC(F)F)c3)CC1CCC2. The molecule has 0 saturated carbocycles. The van der Waals surface area contributed by atoms with Crippen LogP contribution in [0.2, 0.25) is 0 Å². The lowest BCUT2D eigenvalue weighted by Crippen LogP contribution is -2.34. The first-order chi connectivity index (χ1) is 10.1. The number of allylic oxidation sites excluding steroid dienone is 1. The summed E-state index contributed by atoms with van der Waals surface area (Å²) in [6.45, 7) is -2.80. The van der Waals surface area contributed by atoms with Crippen LogP contribution in [0.25, 0.3) is 0 Å². The van der Waals surface area contributed by atoms with Gasteiger partial charge in [-0.3, -0.25) is 4.21 Å². The first-order valence-electron chi connectivity index (χ1n) is 7.24. The van der Waals surface area contributed by atoms with Gasteiger partial charge in [0.2, 0.25) is 0 Å². The second kappa shape index (κ2) is 6.26. The molecule has 1 saturated heterocycles. The molecule has 5 heteroatoms. The highest BCUT2D eigenvalue weighted by molar-refractivity contribution is 7.86. The fraction of sp³-hybridized carbons (Fsp3) is 0.500. The van der Waals surface area contributed by atoms with E-state index in [1.807, 2.05) is 6.07 Å². The van der Waals surface area contributed by atoms with Crippen LogP contribution in [0, 0.1) is 0 Å². The van der Waals surface area contributed by atoms with E-state index in [1.54, 1.807) is 12.1 Å². The van der Waals surface area contributed by atoms with Gasteiger partial charge in [-0.05, 0) is 43.4 Å². The highest BCUT2D eigenvalue weighted by atomic mass is 32.2. The Morgan fingerprint density at radius 2 is 2.19 bits per heavy atom. The Hall–Kier alpha value is -1.23. The largest absolute Gasteiger partial charge is 0.435 e. The number of halogens is 2. The third-order valence-electron chi connectivity index (χ3n) is 4.11. The van der Waals surface area contributed by atoms with Crippen LogP contribution in [-0.4, -0.2) is 21.3 Å². The van der Waals surface area contributed by atoms with Gasteiger partial charge in [0, 0.05) is 16.0 Å². The van der Waals surface area contributed by atoms with Crippen molar-refractivity contribution in [2.24, 2.45) is 0 Å². The maximum Gasteiger partial charge on any atom is 0.387 e. The minimum Gasteiger partial charge on any atom is -0.435 e. The van der Waals surface area contributed by atoms with Crippen molar-refractivity contribution < 1.29 is 17.7 Å². The lowest BCUT2D eigenvalue weighted by molar-refractivity contribution is -0.0498. The third kappa shape index (κ3) is 3.51. The summed E-state index contributed by atoms with van der Waals surface area (Å²) in [7, 11) is -0.727. The lowest BCUT2D eigenvalue weighted by Gasteiger charge is -2.32. The van der Waals surface area contributed by atoms with Gasteiger partial charge in [-0.25, -0.2) is 0 Å². The number of alkyl halides is 2. The molecule has 3 atom stereocenters. The molecule has 2 aliphatic heterocycles. The number of benzene rings is 1. The Morgan fingerprint density at radius 3 is 2.95 bits per heavy atom. The van der Waals surface area contributed by atoms with Crippen LogP contribution >= 0.6 is 0 Å². The molecule has 0 amide bonds. The van der Waals surface area contributed by atoms with Gasteiger partial charge >= 0.3 is 6.61 Å². The summed E-state index contributed by atoms with van der Waals surface area (Å²) in [6, 6.07) is 6.85. The van der Waals surface area contributed by atoms with Crippen LogP contribution in [-0.2, 0) is 17.2 Å². The zero-order chi connectivity index (χ0) is 14.8. The molecule has 114 valence electrons. The van der Waals surface area contributed by atoms with Gasteiger partial charge in [0.1, 0.15) is 5.75 Å². The van der Waals surface area contributed by atoms with Crippen LogP contribution in [0.15, 0.2) is 35.9 Å². The number of ether oxygens (including phenoxy) is 1. The molecule has 2 bridgehead atoms. The van der Waals surface area contributed by atoms with E-state index in [0.717, 1.165) is 37.7 Å². The van der Waals surface area contributed by atoms with E-state index in [1.165, 1.54) is 11.6 Å². The number of rotatable bonds is 4. The molecule has 2 heterocycles. The maximum absolute atomic E-state index is 12.2. The minimum atomic E-state index is -2.80. The average Bonchev–Trinajstić information content (AvgIpc) is 2.39. The first kappa shape index (κ1) is 14.7. The first-order valence-corrected chi connectivity index (χ1v) is 8.52. The summed E-state index contributed by atoms with van der Waals surface area (Å²) in [5.74, 6) is 0.197. The second-order valence-corrected chi connectivity index (χ2v) is 7.58. The average molecular weight is 312 g/mol. The Morgan fingerprint density at radius 1 is 1.33 bits per heavy atom. The second-order valence-electron chi connectivity index (χ2n) is 5.65. The monoisotopic (exact) mass is 312 g/mol. The smallest absolute Gasteiger partial charge is 0.387 e. The van der Waals surface area contributed by atoms with Crippen molar-refractivity contribution in [2.75, 3.05) is 0 Å². The summed E-state index contributed by atoms with van der Waals surface area (Å²) in [5, 5.41) is 0.470. The van der Waals surface area contributed by atoms with Gasteiger partial charge < -0.3 is 4.74 Å². The Bertz CT molecular complexity index is 571. The van der Waals surface area contributed by atoms with Crippen LogP contribution in [0.4, 0.5) is 8.78 Å². The van der Waals surface area contributed by atoms with E-state index in [4.69, 9.17) is 0 Å². The molecule has 2 nitrogen and oxygen atoms in total. The molecule has 21 heavy (non-hydrogen) atoms. The van der Waals surface area contributed by atoms with Gasteiger partial charge in [-0.15, -0.1) is 0 Å². The summed E-state index contributed by atoms with van der Waals surface area (Å²) < 4.78 is 41.1. The van der Waals surface area contributed by atoms with Crippen LogP contribution < -0.4 is 4.74 Å². The fourth-order valence-electron chi connectivity index (χ4n) is 3.21.